The van der Waals surface area contributed by atoms with Gasteiger partial charge >= 0.3 is 11.9 Å². The third-order valence-electron chi connectivity index (χ3n) is 3.19. The van der Waals surface area contributed by atoms with E-state index in [-0.39, 0.29) is 0 Å². The molecule has 0 atom stereocenters. The van der Waals surface area contributed by atoms with Gasteiger partial charge in [-0.05, 0) is 45.6 Å². The molecule has 114 valence electrons. The van der Waals surface area contributed by atoms with Gasteiger partial charge in [-0.1, -0.05) is 30.3 Å². The maximum atomic E-state index is 11.9. The van der Waals surface area contributed by atoms with Crippen molar-refractivity contribution in [3.05, 3.63) is 69.2 Å². The van der Waals surface area contributed by atoms with Crippen molar-refractivity contribution in [1.29, 1.82) is 0 Å². The maximum Gasteiger partial charge on any atom is 0.339 e. The Hall–Kier alpha value is -2.14. The van der Waals surface area contributed by atoms with Crippen LogP contribution in [-0.4, -0.2) is 26.2 Å². The number of esters is 2. The van der Waals surface area contributed by atoms with Crippen LogP contribution in [0.2, 0.25) is 0 Å². The summed E-state index contributed by atoms with van der Waals surface area (Å²) in [4.78, 5) is 23.8. The van der Waals surface area contributed by atoms with E-state index in [2.05, 4.69) is 15.9 Å². The molecule has 0 unspecified atom stereocenters. The van der Waals surface area contributed by atoms with Crippen LogP contribution in [0.1, 0.15) is 31.8 Å². The molecule has 0 aliphatic heterocycles. The summed E-state index contributed by atoms with van der Waals surface area (Å²) in [7, 11) is 2.60. The highest BCUT2D eigenvalue weighted by atomic mass is 79.9. The van der Waals surface area contributed by atoms with Gasteiger partial charge in [-0.25, -0.2) is 9.59 Å². The summed E-state index contributed by atoms with van der Waals surface area (Å²) in [5, 5.41) is 0. The van der Waals surface area contributed by atoms with Crippen LogP contribution in [0.4, 0.5) is 0 Å². The molecule has 2 rings (SSSR count). The molecule has 0 fully saturated rings. The van der Waals surface area contributed by atoms with Gasteiger partial charge in [-0.3, -0.25) is 0 Å². The number of benzene rings is 2. The molecule has 5 heteroatoms. The Balaban J connectivity index is 2.50. The Morgan fingerprint density at radius 3 is 1.86 bits per heavy atom. The predicted molar refractivity (Wildman–Crippen MR) is 86.1 cm³/mol. The average molecular weight is 363 g/mol. The minimum absolute atomic E-state index is 0.302. The van der Waals surface area contributed by atoms with Gasteiger partial charge in [0.1, 0.15) is 0 Å². The van der Waals surface area contributed by atoms with E-state index in [1.807, 2.05) is 30.3 Å². The van der Waals surface area contributed by atoms with E-state index < -0.39 is 11.9 Å². The second-order valence-corrected chi connectivity index (χ2v) is 5.44. The van der Waals surface area contributed by atoms with Gasteiger partial charge in [0, 0.05) is 4.47 Å². The van der Waals surface area contributed by atoms with Crippen molar-refractivity contribution in [2.75, 3.05) is 14.2 Å². The standard InChI is InChI=1S/C17H15BrO4/c1-21-16(19)13-9-12(8-11-6-4-3-5-7-11)10-14(15(13)18)17(20)22-2/h3-7,9-10H,8H2,1-2H3. The van der Waals surface area contributed by atoms with E-state index in [4.69, 9.17) is 9.47 Å². The number of hydrogen-bond acceptors (Lipinski definition) is 4. The summed E-state index contributed by atoms with van der Waals surface area (Å²) >= 11 is 3.28. The lowest BCUT2D eigenvalue weighted by molar-refractivity contribution is 0.0597. The molecule has 0 aliphatic carbocycles. The molecule has 2 aromatic rings. The molecule has 0 radical (unpaired) electrons. The third kappa shape index (κ3) is 3.54. The number of carbonyl (C=O) groups is 2. The Morgan fingerprint density at radius 1 is 0.909 bits per heavy atom. The van der Waals surface area contributed by atoms with Crippen LogP contribution in [0, 0.1) is 0 Å². The van der Waals surface area contributed by atoms with Crippen molar-refractivity contribution in [1.82, 2.24) is 0 Å². The van der Waals surface area contributed by atoms with Crippen LogP contribution < -0.4 is 0 Å². The summed E-state index contributed by atoms with van der Waals surface area (Å²) in [6, 6.07) is 13.2. The second-order valence-electron chi connectivity index (χ2n) is 4.65. The zero-order valence-electron chi connectivity index (χ0n) is 12.3. The van der Waals surface area contributed by atoms with Crippen LogP contribution in [0.25, 0.3) is 0 Å². The van der Waals surface area contributed by atoms with Gasteiger partial charge in [0.15, 0.2) is 0 Å². The van der Waals surface area contributed by atoms with E-state index in [9.17, 15) is 9.59 Å². The fourth-order valence-electron chi connectivity index (χ4n) is 2.13. The van der Waals surface area contributed by atoms with Crippen molar-refractivity contribution in [2.24, 2.45) is 0 Å². The summed E-state index contributed by atoms with van der Waals surface area (Å²) in [6.45, 7) is 0. The van der Waals surface area contributed by atoms with Crippen LogP contribution in [0.5, 0.6) is 0 Å². The minimum Gasteiger partial charge on any atom is -0.465 e. The van der Waals surface area contributed by atoms with Crippen LogP contribution >= 0.6 is 15.9 Å². The summed E-state index contributed by atoms with van der Waals surface area (Å²) in [6.07, 6.45) is 0.599. The smallest absolute Gasteiger partial charge is 0.339 e. The third-order valence-corrected chi connectivity index (χ3v) is 4.05. The van der Waals surface area contributed by atoms with E-state index in [0.29, 0.717) is 22.0 Å². The molecule has 0 aliphatic rings. The van der Waals surface area contributed by atoms with E-state index >= 15 is 0 Å². The van der Waals surface area contributed by atoms with Gasteiger partial charge in [0.2, 0.25) is 0 Å². The van der Waals surface area contributed by atoms with Crippen LogP contribution in [-0.2, 0) is 15.9 Å². The second kappa shape index (κ2) is 7.22. The van der Waals surface area contributed by atoms with Crippen molar-refractivity contribution in [3.8, 4) is 0 Å². The first-order valence-corrected chi connectivity index (χ1v) is 7.39. The highest BCUT2D eigenvalue weighted by Gasteiger charge is 2.20. The number of rotatable bonds is 4. The predicted octanol–water partition coefficient (Wildman–Crippen LogP) is 3.61. The number of hydrogen-bond donors (Lipinski definition) is 0. The lowest BCUT2D eigenvalue weighted by atomic mass is 9.99. The summed E-state index contributed by atoms with van der Waals surface area (Å²) < 4.78 is 9.92. The van der Waals surface area contributed by atoms with Gasteiger partial charge in [-0.15, -0.1) is 0 Å². The molecule has 0 saturated carbocycles. The number of methoxy groups -OCH3 is 2. The molecule has 0 spiro atoms. The van der Waals surface area contributed by atoms with Crippen molar-refractivity contribution < 1.29 is 19.1 Å². The van der Waals surface area contributed by atoms with Gasteiger partial charge in [0.25, 0.3) is 0 Å². The zero-order valence-corrected chi connectivity index (χ0v) is 13.8. The van der Waals surface area contributed by atoms with Crippen LogP contribution in [0.3, 0.4) is 0 Å². The number of halogens is 1. The molecule has 4 nitrogen and oxygen atoms in total. The quantitative estimate of drug-likeness (QED) is 0.779. The molecule has 0 heterocycles. The van der Waals surface area contributed by atoms with Gasteiger partial charge in [0.05, 0.1) is 25.3 Å². The van der Waals surface area contributed by atoms with Crippen molar-refractivity contribution >= 4 is 27.9 Å². The molecule has 0 saturated heterocycles. The molecular formula is C17H15BrO4. The fourth-order valence-corrected chi connectivity index (χ4v) is 2.69. The van der Waals surface area contributed by atoms with E-state index in [0.717, 1.165) is 11.1 Å². The zero-order chi connectivity index (χ0) is 16.1. The van der Waals surface area contributed by atoms with Crippen molar-refractivity contribution in [3.63, 3.8) is 0 Å². The van der Waals surface area contributed by atoms with Crippen LogP contribution in [0.15, 0.2) is 46.9 Å². The van der Waals surface area contributed by atoms with E-state index in [1.54, 1.807) is 12.1 Å². The normalized spacial score (nSPS) is 10.1. The topological polar surface area (TPSA) is 52.6 Å². The highest BCUT2D eigenvalue weighted by Crippen LogP contribution is 2.26. The fraction of sp³-hybridized carbons (Fsp3) is 0.176. The van der Waals surface area contributed by atoms with Crippen molar-refractivity contribution in [2.45, 2.75) is 6.42 Å². The SMILES string of the molecule is COC(=O)c1cc(Cc2ccccc2)cc(C(=O)OC)c1Br. The molecule has 0 bridgehead atoms. The molecular weight excluding hydrogens is 348 g/mol. The van der Waals surface area contributed by atoms with Gasteiger partial charge < -0.3 is 9.47 Å². The minimum atomic E-state index is -0.507. The first kappa shape index (κ1) is 16.2. The monoisotopic (exact) mass is 362 g/mol. The average Bonchev–Trinajstić information content (AvgIpc) is 2.55. The largest absolute Gasteiger partial charge is 0.465 e. The Labute approximate surface area is 137 Å². The Morgan fingerprint density at radius 2 is 1.41 bits per heavy atom. The lowest BCUT2D eigenvalue weighted by Crippen LogP contribution is -2.10. The number of ether oxygens (including phenoxy) is 2. The first-order valence-electron chi connectivity index (χ1n) is 6.59. The summed E-state index contributed by atoms with van der Waals surface area (Å²) in [5.74, 6) is -1.01. The molecule has 0 amide bonds. The highest BCUT2D eigenvalue weighted by molar-refractivity contribution is 9.10. The Bertz CT molecular complexity index is 658. The maximum absolute atomic E-state index is 11.9. The molecule has 0 aromatic heterocycles. The molecule has 22 heavy (non-hydrogen) atoms. The first-order chi connectivity index (χ1) is 10.6. The number of carbonyl (C=O) groups excluding carboxylic acids is 2. The molecule has 2 aromatic carbocycles. The van der Waals surface area contributed by atoms with Gasteiger partial charge in [-0.2, -0.15) is 0 Å². The van der Waals surface area contributed by atoms with E-state index in [1.165, 1.54) is 14.2 Å². The lowest BCUT2D eigenvalue weighted by Gasteiger charge is -2.11. The summed E-state index contributed by atoms with van der Waals surface area (Å²) in [5.41, 5.74) is 2.51. The molecule has 0 N–H and O–H groups in total. The Kier molecular flexibility index (Phi) is 5.33.